The van der Waals surface area contributed by atoms with Gasteiger partial charge in [-0.25, -0.2) is 4.79 Å². The monoisotopic (exact) mass is 330 g/mol. The van der Waals surface area contributed by atoms with Gasteiger partial charge < -0.3 is 10.1 Å². The van der Waals surface area contributed by atoms with Crippen LogP contribution in [0.2, 0.25) is 0 Å². The van der Waals surface area contributed by atoms with Gasteiger partial charge >= 0.3 is 6.09 Å². The van der Waals surface area contributed by atoms with Gasteiger partial charge in [-0.2, -0.15) is 0 Å². The van der Waals surface area contributed by atoms with Crippen molar-refractivity contribution in [2.24, 2.45) is 11.8 Å². The van der Waals surface area contributed by atoms with Gasteiger partial charge in [-0.15, -0.1) is 0 Å². The van der Waals surface area contributed by atoms with E-state index in [0.717, 1.165) is 26.1 Å². The molecule has 1 aromatic carbocycles. The fourth-order valence-electron chi connectivity index (χ4n) is 4.17. The third-order valence-corrected chi connectivity index (χ3v) is 5.13. The van der Waals surface area contributed by atoms with Gasteiger partial charge in [0, 0.05) is 25.7 Å². The SMILES string of the molecule is CC(C)(C)OC(=O)N[C@@H]1CCC[C@H]2CN(Cc3ccccc3)C[C@H]21. The fraction of sp³-hybridized carbons (Fsp3) is 0.650. The van der Waals surface area contributed by atoms with Crippen LogP contribution in [0.15, 0.2) is 30.3 Å². The van der Waals surface area contributed by atoms with Crippen LogP contribution in [-0.2, 0) is 11.3 Å². The number of nitrogens with one attached hydrogen (secondary N) is 1. The van der Waals surface area contributed by atoms with Crippen molar-refractivity contribution in [1.82, 2.24) is 10.2 Å². The van der Waals surface area contributed by atoms with Gasteiger partial charge in [0.05, 0.1) is 0 Å². The smallest absolute Gasteiger partial charge is 0.407 e. The third-order valence-electron chi connectivity index (χ3n) is 5.13. The molecule has 0 spiro atoms. The summed E-state index contributed by atoms with van der Waals surface area (Å²) in [6.07, 6.45) is 3.28. The number of ether oxygens (including phenoxy) is 1. The molecular weight excluding hydrogens is 300 g/mol. The molecule has 4 nitrogen and oxygen atoms in total. The Morgan fingerprint density at radius 1 is 1.21 bits per heavy atom. The summed E-state index contributed by atoms with van der Waals surface area (Å²) in [6, 6.07) is 10.9. The standard InChI is InChI=1S/C20H30N2O2/c1-20(2,3)24-19(23)21-18-11-7-10-16-13-22(14-17(16)18)12-15-8-5-4-6-9-15/h4-6,8-9,16-18H,7,10-14H2,1-3H3,(H,21,23)/t16-,17+,18+/m0/s1. The normalized spacial score (nSPS) is 27.5. The maximum Gasteiger partial charge on any atom is 0.407 e. The molecule has 4 heteroatoms. The van der Waals surface area contributed by atoms with Crippen LogP contribution < -0.4 is 5.32 Å². The molecule has 1 aliphatic carbocycles. The molecule has 24 heavy (non-hydrogen) atoms. The summed E-state index contributed by atoms with van der Waals surface area (Å²) in [6.45, 7) is 8.95. The zero-order valence-corrected chi connectivity index (χ0v) is 15.1. The number of hydrogen-bond donors (Lipinski definition) is 1. The van der Waals surface area contributed by atoms with Gasteiger partial charge in [0.2, 0.25) is 0 Å². The second-order valence-corrected chi connectivity index (χ2v) is 8.29. The van der Waals surface area contributed by atoms with E-state index < -0.39 is 5.60 Å². The molecule has 3 atom stereocenters. The first-order chi connectivity index (χ1) is 11.4. The van der Waals surface area contributed by atoms with E-state index in [-0.39, 0.29) is 12.1 Å². The first-order valence-corrected chi connectivity index (χ1v) is 9.16. The minimum absolute atomic E-state index is 0.249. The number of benzene rings is 1. The summed E-state index contributed by atoms with van der Waals surface area (Å²) in [5, 5.41) is 3.14. The summed E-state index contributed by atoms with van der Waals surface area (Å²) in [5.74, 6) is 1.25. The molecule has 1 amide bonds. The Morgan fingerprint density at radius 3 is 2.67 bits per heavy atom. The lowest BCUT2D eigenvalue weighted by Crippen LogP contribution is -2.47. The van der Waals surface area contributed by atoms with Crippen molar-refractivity contribution in [3.05, 3.63) is 35.9 Å². The van der Waals surface area contributed by atoms with E-state index in [9.17, 15) is 4.79 Å². The number of carbonyl (C=O) groups is 1. The molecule has 1 N–H and O–H groups in total. The summed E-state index contributed by atoms with van der Waals surface area (Å²) in [4.78, 5) is 14.7. The highest BCUT2D eigenvalue weighted by atomic mass is 16.6. The first-order valence-electron chi connectivity index (χ1n) is 9.16. The Kier molecular flexibility index (Phi) is 5.14. The Labute approximate surface area is 145 Å². The van der Waals surface area contributed by atoms with Gasteiger partial charge in [0.1, 0.15) is 5.60 Å². The van der Waals surface area contributed by atoms with E-state index in [1.54, 1.807) is 0 Å². The molecule has 0 aromatic heterocycles. The summed E-state index contributed by atoms with van der Waals surface area (Å²) in [7, 11) is 0. The number of rotatable bonds is 3. The number of likely N-dealkylation sites (tertiary alicyclic amines) is 1. The quantitative estimate of drug-likeness (QED) is 0.916. The van der Waals surface area contributed by atoms with Crippen LogP contribution in [0.1, 0.15) is 45.6 Å². The maximum absolute atomic E-state index is 12.1. The molecular formula is C20H30N2O2. The van der Waals surface area contributed by atoms with Crippen molar-refractivity contribution in [2.75, 3.05) is 13.1 Å². The predicted molar refractivity (Wildman–Crippen MR) is 95.7 cm³/mol. The predicted octanol–water partition coefficient (Wildman–Crippen LogP) is 3.81. The van der Waals surface area contributed by atoms with Crippen LogP contribution in [0.5, 0.6) is 0 Å². The van der Waals surface area contributed by atoms with Crippen molar-refractivity contribution >= 4 is 6.09 Å². The van der Waals surface area contributed by atoms with E-state index in [1.165, 1.54) is 18.4 Å². The minimum atomic E-state index is -0.437. The van der Waals surface area contributed by atoms with Crippen molar-refractivity contribution in [3.63, 3.8) is 0 Å². The van der Waals surface area contributed by atoms with Crippen molar-refractivity contribution in [2.45, 2.75) is 58.2 Å². The molecule has 1 saturated carbocycles. The topological polar surface area (TPSA) is 41.6 Å². The zero-order valence-electron chi connectivity index (χ0n) is 15.1. The van der Waals surface area contributed by atoms with Crippen molar-refractivity contribution < 1.29 is 9.53 Å². The Bertz CT molecular complexity index is 553. The van der Waals surface area contributed by atoms with Gasteiger partial charge in [0.25, 0.3) is 0 Å². The van der Waals surface area contributed by atoms with E-state index in [2.05, 4.69) is 40.5 Å². The highest BCUT2D eigenvalue weighted by Crippen LogP contribution is 2.37. The fourth-order valence-corrected chi connectivity index (χ4v) is 4.17. The molecule has 1 aromatic rings. The lowest BCUT2D eigenvalue weighted by atomic mass is 9.78. The third kappa shape index (κ3) is 4.50. The van der Waals surface area contributed by atoms with Crippen LogP contribution in [0.4, 0.5) is 4.79 Å². The van der Waals surface area contributed by atoms with Gasteiger partial charge in [-0.3, -0.25) is 4.90 Å². The van der Waals surface area contributed by atoms with E-state index in [4.69, 9.17) is 4.74 Å². The Morgan fingerprint density at radius 2 is 1.96 bits per heavy atom. The number of hydrogen-bond acceptors (Lipinski definition) is 3. The van der Waals surface area contributed by atoms with Crippen LogP contribution in [-0.4, -0.2) is 35.7 Å². The largest absolute Gasteiger partial charge is 0.444 e. The number of amides is 1. The van der Waals surface area contributed by atoms with Crippen molar-refractivity contribution in [3.8, 4) is 0 Å². The second kappa shape index (κ2) is 7.14. The number of alkyl carbamates (subject to hydrolysis) is 1. The average molecular weight is 330 g/mol. The molecule has 0 unspecified atom stereocenters. The summed E-state index contributed by atoms with van der Waals surface area (Å²) in [5.41, 5.74) is 0.931. The second-order valence-electron chi connectivity index (χ2n) is 8.29. The molecule has 1 aliphatic heterocycles. The highest BCUT2D eigenvalue weighted by Gasteiger charge is 2.41. The van der Waals surface area contributed by atoms with Gasteiger partial charge in [-0.1, -0.05) is 36.8 Å². The number of nitrogens with zero attached hydrogens (tertiary/aromatic N) is 1. The molecule has 132 valence electrons. The molecule has 1 heterocycles. The van der Waals surface area contributed by atoms with E-state index >= 15 is 0 Å². The summed E-state index contributed by atoms with van der Waals surface area (Å²) < 4.78 is 5.45. The Hall–Kier alpha value is -1.55. The minimum Gasteiger partial charge on any atom is -0.444 e. The zero-order chi connectivity index (χ0) is 17.2. The van der Waals surface area contributed by atoms with Crippen LogP contribution in [0.3, 0.4) is 0 Å². The van der Waals surface area contributed by atoms with Gasteiger partial charge in [0.15, 0.2) is 0 Å². The van der Waals surface area contributed by atoms with E-state index in [0.29, 0.717) is 11.8 Å². The first kappa shape index (κ1) is 17.3. The highest BCUT2D eigenvalue weighted by molar-refractivity contribution is 5.68. The molecule has 0 bridgehead atoms. The average Bonchev–Trinajstić information content (AvgIpc) is 2.90. The maximum atomic E-state index is 12.1. The molecule has 0 radical (unpaired) electrons. The molecule has 1 saturated heterocycles. The van der Waals surface area contributed by atoms with Crippen LogP contribution >= 0.6 is 0 Å². The Balaban J connectivity index is 1.58. The number of fused-ring (bicyclic) bond motifs is 1. The molecule has 2 fully saturated rings. The number of carbonyl (C=O) groups excluding carboxylic acids is 1. The van der Waals surface area contributed by atoms with E-state index in [1.807, 2.05) is 20.8 Å². The lowest BCUT2D eigenvalue weighted by molar-refractivity contribution is 0.0460. The molecule has 3 rings (SSSR count). The molecule has 2 aliphatic rings. The van der Waals surface area contributed by atoms with Crippen molar-refractivity contribution in [1.29, 1.82) is 0 Å². The van der Waals surface area contributed by atoms with Gasteiger partial charge in [-0.05, 0) is 51.0 Å². The lowest BCUT2D eigenvalue weighted by Gasteiger charge is -2.34. The van der Waals surface area contributed by atoms with Crippen LogP contribution in [0.25, 0.3) is 0 Å². The van der Waals surface area contributed by atoms with Crippen LogP contribution in [0, 0.1) is 11.8 Å². The summed E-state index contributed by atoms with van der Waals surface area (Å²) >= 11 is 0.